The third-order valence-electron chi connectivity index (χ3n) is 1.60. The Balaban J connectivity index is 3.28. The van der Waals surface area contributed by atoms with E-state index in [0.29, 0.717) is 13.2 Å². The average Bonchev–Trinajstić information content (AvgIpc) is 2.14. The highest BCUT2D eigenvalue weighted by molar-refractivity contribution is 4.65. The molecule has 3 heteroatoms. The molecule has 0 rings (SSSR count). The highest BCUT2D eigenvalue weighted by atomic mass is 16.5. The van der Waals surface area contributed by atoms with Gasteiger partial charge >= 0.3 is 0 Å². The lowest BCUT2D eigenvalue weighted by Gasteiger charge is -2.15. The van der Waals surface area contributed by atoms with Crippen molar-refractivity contribution in [2.24, 2.45) is 0 Å². The van der Waals surface area contributed by atoms with Crippen molar-refractivity contribution in [3.63, 3.8) is 0 Å². The van der Waals surface area contributed by atoms with Crippen molar-refractivity contribution in [3.8, 4) is 0 Å². The van der Waals surface area contributed by atoms with E-state index >= 15 is 0 Å². The summed E-state index contributed by atoms with van der Waals surface area (Å²) in [5.74, 6) is 0. The van der Waals surface area contributed by atoms with Crippen LogP contribution in [0.25, 0.3) is 0 Å². The van der Waals surface area contributed by atoms with E-state index in [1.54, 1.807) is 0 Å². The summed E-state index contributed by atoms with van der Waals surface area (Å²) in [6, 6.07) is 0. The van der Waals surface area contributed by atoms with Crippen LogP contribution in [-0.2, 0) is 9.47 Å². The Labute approximate surface area is 80.4 Å². The van der Waals surface area contributed by atoms with E-state index in [9.17, 15) is 0 Å². The fourth-order valence-electron chi connectivity index (χ4n) is 0.753. The topological polar surface area (TPSA) is 38.7 Å². The van der Waals surface area contributed by atoms with Crippen molar-refractivity contribution in [1.82, 2.24) is 0 Å². The molecule has 0 aliphatic carbocycles. The smallest absolute Gasteiger partial charge is 0.0780 e. The molecule has 0 aromatic carbocycles. The fraction of sp³-hybridized carbons (Fsp3) is 0.800. The Bertz CT molecular complexity index is 125. The first-order valence-corrected chi connectivity index (χ1v) is 4.65. The Kier molecular flexibility index (Phi) is 7.99. The van der Waals surface area contributed by atoms with E-state index < -0.39 is 0 Å². The molecule has 0 fully saturated rings. The zero-order chi connectivity index (χ0) is 10.1. The highest BCUT2D eigenvalue weighted by Crippen LogP contribution is 1.97. The van der Waals surface area contributed by atoms with Crippen molar-refractivity contribution in [2.45, 2.75) is 32.5 Å². The second-order valence-electron chi connectivity index (χ2n) is 3.09. The van der Waals surface area contributed by atoms with Gasteiger partial charge in [-0.15, -0.1) is 6.58 Å². The summed E-state index contributed by atoms with van der Waals surface area (Å²) in [6.45, 7) is 8.65. The first kappa shape index (κ1) is 12.6. The van der Waals surface area contributed by atoms with Crippen LogP contribution < -0.4 is 0 Å². The summed E-state index contributed by atoms with van der Waals surface area (Å²) in [5, 5.41) is 8.68. The predicted octanol–water partition coefficient (Wildman–Crippen LogP) is 1.36. The minimum absolute atomic E-state index is 0.0549. The van der Waals surface area contributed by atoms with Gasteiger partial charge in [-0.2, -0.15) is 0 Å². The molecule has 3 nitrogen and oxygen atoms in total. The molecule has 1 N–H and O–H groups in total. The van der Waals surface area contributed by atoms with Gasteiger partial charge < -0.3 is 14.6 Å². The number of hydrogen-bond acceptors (Lipinski definition) is 3. The molecule has 0 aromatic rings. The second-order valence-corrected chi connectivity index (χ2v) is 3.09. The number of ether oxygens (including phenoxy) is 2. The molecule has 13 heavy (non-hydrogen) atoms. The van der Waals surface area contributed by atoms with E-state index in [-0.39, 0.29) is 18.8 Å². The molecule has 0 saturated heterocycles. The maximum Gasteiger partial charge on any atom is 0.0780 e. The van der Waals surface area contributed by atoms with E-state index in [1.807, 2.05) is 19.9 Å². The molecule has 0 aliphatic heterocycles. The van der Waals surface area contributed by atoms with Gasteiger partial charge in [-0.05, 0) is 20.3 Å². The van der Waals surface area contributed by atoms with Gasteiger partial charge in [0.25, 0.3) is 0 Å². The maximum absolute atomic E-state index is 8.68. The van der Waals surface area contributed by atoms with Crippen molar-refractivity contribution in [3.05, 3.63) is 12.7 Å². The molecule has 0 heterocycles. The SMILES string of the molecule is C=CCCOC(C)COC(C)CO. The first-order valence-electron chi connectivity index (χ1n) is 4.65. The van der Waals surface area contributed by atoms with Crippen LogP contribution in [0.2, 0.25) is 0 Å². The Morgan fingerprint density at radius 3 is 2.54 bits per heavy atom. The number of aliphatic hydroxyl groups is 1. The van der Waals surface area contributed by atoms with Gasteiger partial charge in [-0.1, -0.05) is 6.08 Å². The van der Waals surface area contributed by atoms with E-state index in [0.717, 1.165) is 6.42 Å². The summed E-state index contributed by atoms with van der Waals surface area (Å²) in [4.78, 5) is 0. The monoisotopic (exact) mass is 188 g/mol. The summed E-state index contributed by atoms with van der Waals surface area (Å²) in [5.41, 5.74) is 0. The van der Waals surface area contributed by atoms with E-state index in [1.165, 1.54) is 0 Å². The standard InChI is InChI=1S/C10H20O3/c1-4-5-6-12-10(3)8-13-9(2)7-11/h4,9-11H,1,5-8H2,2-3H3. The average molecular weight is 188 g/mol. The molecule has 0 saturated carbocycles. The van der Waals surface area contributed by atoms with E-state index in [4.69, 9.17) is 14.6 Å². The quantitative estimate of drug-likeness (QED) is 0.462. The molecule has 0 aliphatic rings. The van der Waals surface area contributed by atoms with Gasteiger partial charge in [0.05, 0.1) is 32.0 Å². The first-order chi connectivity index (χ1) is 6.20. The summed E-state index contributed by atoms with van der Waals surface area (Å²) >= 11 is 0. The number of hydrogen-bond donors (Lipinski definition) is 1. The molecule has 0 amide bonds. The Hall–Kier alpha value is -0.380. The van der Waals surface area contributed by atoms with Crippen LogP contribution in [0.5, 0.6) is 0 Å². The van der Waals surface area contributed by atoms with Crippen LogP contribution in [0, 0.1) is 0 Å². The zero-order valence-electron chi connectivity index (χ0n) is 8.53. The third-order valence-corrected chi connectivity index (χ3v) is 1.60. The van der Waals surface area contributed by atoms with Crippen molar-refractivity contribution >= 4 is 0 Å². The van der Waals surface area contributed by atoms with Crippen LogP contribution in [-0.4, -0.2) is 37.1 Å². The van der Waals surface area contributed by atoms with Crippen molar-refractivity contribution in [1.29, 1.82) is 0 Å². The van der Waals surface area contributed by atoms with Gasteiger partial charge in [0, 0.05) is 0 Å². The lowest BCUT2D eigenvalue weighted by molar-refractivity contribution is -0.0443. The van der Waals surface area contributed by atoms with Crippen LogP contribution in [0.3, 0.4) is 0 Å². The summed E-state index contributed by atoms with van der Waals surface area (Å²) in [7, 11) is 0. The Morgan fingerprint density at radius 2 is 2.00 bits per heavy atom. The molecule has 0 radical (unpaired) electrons. The second kappa shape index (κ2) is 8.23. The van der Waals surface area contributed by atoms with Crippen LogP contribution >= 0.6 is 0 Å². The highest BCUT2D eigenvalue weighted by Gasteiger charge is 2.04. The minimum atomic E-state index is -0.106. The molecule has 0 bridgehead atoms. The van der Waals surface area contributed by atoms with Gasteiger partial charge in [0.15, 0.2) is 0 Å². The molecule has 0 spiro atoms. The largest absolute Gasteiger partial charge is 0.394 e. The fourth-order valence-corrected chi connectivity index (χ4v) is 0.753. The number of rotatable bonds is 8. The Morgan fingerprint density at radius 1 is 1.31 bits per heavy atom. The van der Waals surface area contributed by atoms with Gasteiger partial charge in [0.1, 0.15) is 0 Å². The lowest BCUT2D eigenvalue weighted by Crippen LogP contribution is -2.22. The van der Waals surface area contributed by atoms with Gasteiger partial charge in [0.2, 0.25) is 0 Å². The normalized spacial score (nSPS) is 15.3. The molecular formula is C10H20O3. The van der Waals surface area contributed by atoms with Crippen LogP contribution in [0.1, 0.15) is 20.3 Å². The molecule has 2 atom stereocenters. The van der Waals surface area contributed by atoms with Gasteiger partial charge in [-0.25, -0.2) is 0 Å². The minimum Gasteiger partial charge on any atom is -0.394 e. The molecule has 2 unspecified atom stereocenters. The molecular weight excluding hydrogens is 168 g/mol. The van der Waals surface area contributed by atoms with Crippen molar-refractivity contribution < 1.29 is 14.6 Å². The molecule has 78 valence electrons. The summed E-state index contributed by atoms with van der Waals surface area (Å²) < 4.78 is 10.7. The predicted molar refractivity (Wildman–Crippen MR) is 52.7 cm³/mol. The lowest BCUT2D eigenvalue weighted by atomic mass is 10.4. The third kappa shape index (κ3) is 7.96. The van der Waals surface area contributed by atoms with Crippen molar-refractivity contribution in [2.75, 3.05) is 19.8 Å². The summed E-state index contributed by atoms with van der Waals surface area (Å²) in [6.07, 6.45) is 2.66. The zero-order valence-corrected chi connectivity index (χ0v) is 8.53. The van der Waals surface area contributed by atoms with E-state index in [2.05, 4.69) is 6.58 Å². The van der Waals surface area contributed by atoms with Crippen LogP contribution in [0.15, 0.2) is 12.7 Å². The number of aliphatic hydroxyl groups excluding tert-OH is 1. The van der Waals surface area contributed by atoms with Gasteiger partial charge in [-0.3, -0.25) is 0 Å². The maximum atomic E-state index is 8.68. The molecule has 0 aromatic heterocycles. The van der Waals surface area contributed by atoms with Crippen LogP contribution in [0.4, 0.5) is 0 Å².